The maximum Gasteiger partial charge on any atom is 0.290 e. The molecule has 1 aliphatic carbocycles. The molecule has 2 aliphatic rings. The van der Waals surface area contributed by atoms with E-state index in [2.05, 4.69) is 49.6 Å². The highest BCUT2D eigenvalue weighted by molar-refractivity contribution is 7.16. The lowest BCUT2D eigenvalue weighted by molar-refractivity contribution is -0.127. The van der Waals surface area contributed by atoms with Crippen LogP contribution in [0.3, 0.4) is 0 Å². The fourth-order valence-electron chi connectivity index (χ4n) is 5.62. The van der Waals surface area contributed by atoms with Crippen molar-refractivity contribution in [2.45, 2.75) is 65.6 Å². The van der Waals surface area contributed by atoms with Crippen molar-refractivity contribution in [3.63, 3.8) is 0 Å². The number of imidazole rings is 1. The number of nitrogens with one attached hydrogen (secondary N) is 2. The van der Waals surface area contributed by atoms with Crippen LogP contribution in [0.15, 0.2) is 59.6 Å². The summed E-state index contributed by atoms with van der Waals surface area (Å²) in [5, 5.41) is 18.3. The van der Waals surface area contributed by atoms with E-state index < -0.39 is 0 Å². The van der Waals surface area contributed by atoms with E-state index in [9.17, 15) is 14.9 Å². The summed E-state index contributed by atoms with van der Waals surface area (Å²) in [5.74, 6) is 0.178. The van der Waals surface area contributed by atoms with Crippen molar-refractivity contribution in [2.75, 3.05) is 13.1 Å². The number of likely N-dealkylation sites (tertiary alicyclic amines) is 1. The minimum Gasteiger partial charge on any atom is -0.333 e. The van der Waals surface area contributed by atoms with Gasteiger partial charge in [0.25, 0.3) is 11.8 Å². The van der Waals surface area contributed by atoms with Gasteiger partial charge in [-0.2, -0.15) is 15.4 Å². The third kappa shape index (κ3) is 6.74. The van der Waals surface area contributed by atoms with E-state index in [0.29, 0.717) is 23.6 Å². The number of aromatic amines is 1. The number of thiophene rings is 1. The third-order valence-corrected chi connectivity index (χ3v) is 8.99. The first-order chi connectivity index (χ1) is 21.2. The van der Waals surface area contributed by atoms with E-state index in [4.69, 9.17) is 0 Å². The van der Waals surface area contributed by atoms with Crippen LogP contribution in [0.2, 0.25) is 0 Å². The van der Waals surface area contributed by atoms with Crippen LogP contribution in [0.5, 0.6) is 0 Å². The second-order valence-electron chi connectivity index (χ2n) is 12.7. The van der Waals surface area contributed by atoms with Gasteiger partial charge in [0.2, 0.25) is 5.62 Å². The molecule has 3 aromatic heterocycles. The fraction of sp³-hybridized carbons (Fsp3) is 0.438. The van der Waals surface area contributed by atoms with Crippen LogP contribution in [-0.4, -0.2) is 60.2 Å². The van der Waals surface area contributed by atoms with E-state index in [-0.39, 0.29) is 28.8 Å². The summed E-state index contributed by atoms with van der Waals surface area (Å²) in [4.78, 5) is 41.2. The van der Waals surface area contributed by atoms with Gasteiger partial charge in [0.05, 0.1) is 22.0 Å². The molecule has 1 aromatic carbocycles. The molecule has 4 heterocycles. The molecular formula is C32H37N9O2S. The molecule has 2 fully saturated rings. The smallest absolute Gasteiger partial charge is 0.290 e. The number of benzene rings is 1. The predicted octanol–water partition coefficient (Wildman–Crippen LogP) is 4.34. The minimum absolute atomic E-state index is 0.146. The molecule has 1 saturated heterocycles. The molecule has 44 heavy (non-hydrogen) atoms. The van der Waals surface area contributed by atoms with E-state index >= 15 is 0 Å². The molecule has 0 bridgehead atoms. The van der Waals surface area contributed by atoms with Crippen LogP contribution in [0.1, 0.15) is 61.7 Å². The zero-order valence-electron chi connectivity index (χ0n) is 25.3. The average molecular weight is 612 g/mol. The average Bonchev–Trinajstić information content (AvgIpc) is 3.44. The summed E-state index contributed by atoms with van der Waals surface area (Å²) >= 11 is 1.29. The highest BCUT2D eigenvalue weighted by atomic mass is 32.1. The highest BCUT2D eigenvalue weighted by Crippen LogP contribution is 2.28. The Kier molecular flexibility index (Phi) is 8.33. The number of H-pyrrole nitrogens is 1. The summed E-state index contributed by atoms with van der Waals surface area (Å²) < 4.78 is 3.61. The number of rotatable bonds is 9. The number of amides is 2. The molecule has 1 saturated carbocycles. The van der Waals surface area contributed by atoms with E-state index in [1.54, 1.807) is 28.1 Å². The number of fused-ring (bicyclic) bond motifs is 1. The summed E-state index contributed by atoms with van der Waals surface area (Å²) in [5.41, 5.74) is 3.21. The fourth-order valence-corrected chi connectivity index (χ4v) is 6.44. The second kappa shape index (κ2) is 12.3. The van der Waals surface area contributed by atoms with Crippen LogP contribution in [0, 0.1) is 22.7 Å². The molecule has 1 aliphatic heterocycles. The Morgan fingerprint density at radius 1 is 1.23 bits per heavy atom. The lowest BCUT2D eigenvalue weighted by Crippen LogP contribution is -2.40. The molecule has 2 N–H and O–H groups in total. The van der Waals surface area contributed by atoms with Crippen molar-refractivity contribution in [1.29, 1.82) is 5.26 Å². The van der Waals surface area contributed by atoms with Crippen molar-refractivity contribution in [1.82, 2.24) is 34.5 Å². The van der Waals surface area contributed by atoms with Gasteiger partial charge in [-0.15, -0.1) is 11.3 Å². The molecule has 6 rings (SSSR count). The van der Waals surface area contributed by atoms with Gasteiger partial charge < -0.3 is 19.8 Å². The van der Waals surface area contributed by atoms with Crippen molar-refractivity contribution < 1.29 is 9.59 Å². The normalized spacial score (nSPS) is 17.9. The van der Waals surface area contributed by atoms with Gasteiger partial charge in [0.1, 0.15) is 29.3 Å². The van der Waals surface area contributed by atoms with Crippen molar-refractivity contribution in [2.24, 2.45) is 16.3 Å². The van der Waals surface area contributed by atoms with Crippen LogP contribution >= 0.6 is 11.3 Å². The number of carbonyl (C=O) groups excluding carboxylic acids is 2. The largest absolute Gasteiger partial charge is 0.333 e. The summed E-state index contributed by atoms with van der Waals surface area (Å²) in [6, 6.07) is 11.8. The van der Waals surface area contributed by atoms with Gasteiger partial charge in [0, 0.05) is 19.6 Å². The lowest BCUT2D eigenvalue weighted by atomic mass is 9.93. The second-order valence-corrected chi connectivity index (χ2v) is 13.8. The van der Waals surface area contributed by atoms with E-state index in [0.717, 1.165) is 53.4 Å². The topological polar surface area (TPSA) is 137 Å². The minimum atomic E-state index is -0.368. The number of nitrogens with zero attached hydrogens (tertiary/aromatic N) is 7. The molecule has 0 radical (unpaired) electrons. The molecular weight excluding hydrogens is 574 g/mol. The monoisotopic (exact) mass is 611 g/mol. The van der Waals surface area contributed by atoms with Crippen LogP contribution in [0.4, 0.5) is 0 Å². The Balaban J connectivity index is 1.33. The first kappa shape index (κ1) is 29.7. The van der Waals surface area contributed by atoms with Crippen LogP contribution in [0.25, 0.3) is 16.0 Å². The molecule has 228 valence electrons. The molecule has 12 heteroatoms. The van der Waals surface area contributed by atoms with Crippen LogP contribution < -0.4 is 10.9 Å². The molecule has 1 atom stereocenters. The summed E-state index contributed by atoms with van der Waals surface area (Å²) in [7, 11) is 0. The Bertz CT molecular complexity index is 1810. The Hall–Kier alpha value is -4.34. The quantitative estimate of drug-likeness (QED) is 0.213. The summed E-state index contributed by atoms with van der Waals surface area (Å²) in [6.07, 6.45) is 9.02. The summed E-state index contributed by atoms with van der Waals surface area (Å²) in [6.45, 7) is 8.74. The maximum atomic E-state index is 13.5. The number of carbonyl (C=O) groups is 2. The molecule has 11 nitrogen and oxygen atoms in total. The first-order valence-corrected chi connectivity index (χ1v) is 15.9. The molecule has 2 amide bonds. The SMILES string of the molecule is CC(C)(C)C=C(C#N)C(=O)N1CCC[C@@H]1Cn1c(=NC(=O)c2ccc(-n3cncn3)s2)[nH]c2cc(CNCC3CC3)ccc21. The number of hydrogen-bond donors (Lipinski definition) is 2. The standard InChI is InChI=1S/C32H37N9O2S/c1-32(2,3)14-23(15-33)30(43)39-12-4-5-24(39)18-40-26-9-8-22(17-34-16-21-6-7-21)13-25(26)37-31(40)38-29(42)27-10-11-28(44-27)41-20-35-19-36-41/h8-11,13-14,19-21,24,34H,4-7,12,16-18H2,1-3H3,(H,37,38,42)/t24-/m1/s1. The number of allylic oxidation sites excluding steroid dienone is 1. The van der Waals surface area contributed by atoms with E-state index in [1.807, 2.05) is 31.4 Å². The van der Waals surface area contributed by atoms with Crippen molar-refractivity contribution in [3.05, 3.63) is 70.7 Å². The molecule has 4 aromatic rings. The number of nitriles is 1. The molecule has 0 unspecified atom stereocenters. The maximum absolute atomic E-state index is 13.5. The Labute approximate surface area is 259 Å². The zero-order valence-corrected chi connectivity index (χ0v) is 26.1. The molecule has 0 spiro atoms. The first-order valence-electron chi connectivity index (χ1n) is 15.1. The van der Waals surface area contributed by atoms with Crippen molar-refractivity contribution >= 4 is 34.2 Å². The van der Waals surface area contributed by atoms with Crippen LogP contribution in [-0.2, 0) is 17.9 Å². The van der Waals surface area contributed by atoms with Gasteiger partial charge >= 0.3 is 0 Å². The van der Waals surface area contributed by atoms with Gasteiger partial charge in [-0.3, -0.25) is 9.59 Å². The van der Waals surface area contributed by atoms with Gasteiger partial charge in [0.15, 0.2) is 0 Å². The third-order valence-electron chi connectivity index (χ3n) is 7.93. The van der Waals surface area contributed by atoms with E-state index in [1.165, 1.54) is 30.5 Å². The van der Waals surface area contributed by atoms with Gasteiger partial charge in [-0.25, -0.2) is 9.67 Å². The van der Waals surface area contributed by atoms with Gasteiger partial charge in [-0.1, -0.05) is 32.9 Å². The Morgan fingerprint density at radius 3 is 2.80 bits per heavy atom. The number of hydrogen-bond acceptors (Lipinski definition) is 7. The number of aromatic nitrogens is 5. The Morgan fingerprint density at radius 2 is 2.07 bits per heavy atom. The van der Waals surface area contributed by atoms with Crippen molar-refractivity contribution in [3.8, 4) is 11.1 Å². The van der Waals surface area contributed by atoms with Gasteiger partial charge in [-0.05, 0) is 73.4 Å². The predicted molar refractivity (Wildman–Crippen MR) is 168 cm³/mol. The zero-order chi connectivity index (χ0) is 30.8. The lowest BCUT2D eigenvalue weighted by Gasteiger charge is -2.26. The highest BCUT2D eigenvalue weighted by Gasteiger charge is 2.32.